The molecule has 0 N–H and O–H groups in total. The second-order valence-corrected chi connectivity index (χ2v) is 5.43. The fourth-order valence-electron chi connectivity index (χ4n) is 2.93. The van der Waals surface area contributed by atoms with E-state index in [9.17, 15) is 4.79 Å². The lowest BCUT2D eigenvalue weighted by molar-refractivity contribution is 0.0648. The molecule has 0 bridgehead atoms. The van der Waals surface area contributed by atoms with Crippen molar-refractivity contribution in [3.8, 4) is 0 Å². The Balaban J connectivity index is 1.93. The number of rotatable bonds is 6. The van der Waals surface area contributed by atoms with E-state index >= 15 is 0 Å². The molecule has 0 radical (unpaired) electrons. The van der Waals surface area contributed by atoms with E-state index in [4.69, 9.17) is 4.74 Å². The van der Waals surface area contributed by atoms with Crippen LogP contribution < -0.4 is 0 Å². The molecular weight excluding hydrogens is 254 g/mol. The van der Waals surface area contributed by atoms with Crippen LogP contribution in [-0.4, -0.2) is 47.4 Å². The third-order valence-electron chi connectivity index (χ3n) is 4.00. The van der Waals surface area contributed by atoms with Gasteiger partial charge in [-0.2, -0.15) is 5.10 Å². The fraction of sp³-hybridized carbons (Fsp3) is 0.733. The molecule has 5 nitrogen and oxygen atoms in total. The molecule has 0 unspecified atom stereocenters. The first-order valence-corrected chi connectivity index (χ1v) is 7.56. The zero-order valence-electron chi connectivity index (χ0n) is 12.5. The quantitative estimate of drug-likeness (QED) is 0.750. The van der Waals surface area contributed by atoms with Gasteiger partial charge in [0.25, 0.3) is 5.91 Å². The Morgan fingerprint density at radius 2 is 2.40 bits per heavy atom. The topological polar surface area (TPSA) is 47.4 Å². The fourth-order valence-corrected chi connectivity index (χ4v) is 2.93. The van der Waals surface area contributed by atoms with Crippen molar-refractivity contribution in [1.82, 2.24) is 14.7 Å². The summed E-state index contributed by atoms with van der Waals surface area (Å²) in [6.07, 6.45) is 6.25. The molecule has 1 fully saturated rings. The maximum Gasteiger partial charge on any atom is 0.272 e. The van der Waals surface area contributed by atoms with Crippen LogP contribution in [0.2, 0.25) is 0 Å². The summed E-state index contributed by atoms with van der Waals surface area (Å²) >= 11 is 0. The Morgan fingerprint density at radius 1 is 1.55 bits per heavy atom. The number of methoxy groups -OCH3 is 1. The number of carbonyl (C=O) groups excluding carboxylic acids is 1. The molecule has 20 heavy (non-hydrogen) atoms. The van der Waals surface area contributed by atoms with Crippen molar-refractivity contribution in [3.05, 3.63) is 18.0 Å². The lowest BCUT2D eigenvalue weighted by atomic mass is 9.93. The van der Waals surface area contributed by atoms with Gasteiger partial charge in [0.15, 0.2) is 0 Å². The molecular formula is C15H25N3O2. The highest BCUT2D eigenvalue weighted by Crippen LogP contribution is 2.22. The second-order valence-electron chi connectivity index (χ2n) is 5.43. The van der Waals surface area contributed by atoms with Crippen LogP contribution in [-0.2, 0) is 11.3 Å². The number of hydrogen-bond acceptors (Lipinski definition) is 3. The van der Waals surface area contributed by atoms with E-state index in [1.165, 1.54) is 6.42 Å². The van der Waals surface area contributed by atoms with Crippen molar-refractivity contribution in [2.45, 2.75) is 39.2 Å². The minimum Gasteiger partial charge on any atom is -0.385 e. The first-order valence-electron chi connectivity index (χ1n) is 7.56. The highest BCUT2D eigenvalue weighted by atomic mass is 16.5. The van der Waals surface area contributed by atoms with Gasteiger partial charge in [-0.1, -0.05) is 0 Å². The molecule has 112 valence electrons. The monoisotopic (exact) mass is 279 g/mol. The molecule has 1 aromatic heterocycles. The predicted molar refractivity (Wildman–Crippen MR) is 77.6 cm³/mol. The number of nitrogens with zero attached hydrogens (tertiary/aromatic N) is 3. The average Bonchev–Trinajstić information content (AvgIpc) is 2.95. The number of hydrogen-bond donors (Lipinski definition) is 0. The molecule has 1 aromatic rings. The molecule has 5 heteroatoms. The predicted octanol–water partition coefficient (Wildman–Crippen LogP) is 2.18. The van der Waals surface area contributed by atoms with Crippen molar-refractivity contribution in [2.24, 2.45) is 5.92 Å². The number of aromatic nitrogens is 2. The van der Waals surface area contributed by atoms with Crippen LogP contribution in [0.5, 0.6) is 0 Å². The van der Waals surface area contributed by atoms with Gasteiger partial charge in [0.2, 0.25) is 0 Å². The summed E-state index contributed by atoms with van der Waals surface area (Å²) < 4.78 is 6.88. The zero-order chi connectivity index (χ0) is 14.4. The lowest BCUT2D eigenvalue weighted by Crippen LogP contribution is -2.40. The van der Waals surface area contributed by atoms with Crippen molar-refractivity contribution in [1.29, 1.82) is 0 Å². The summed E-state index contributed by atoms with van der Waals surface area (Å²) in [6.45, 7) is 5.30. The molecule has 0 aliphatic carbocycles. The molecule has 0 spiro atoms. The lowest BCUT2D eigenvalue weighted by Gasteiger charge is -2.32. The zero-order valence-corrected chi connectivity index (χ0v) is 12.5. The molecule has 2 rings (SSSR count). The number of aryl methyl sites for hydroxylation is 1. The van der Waals surface area contributed by atoms with Gasteiger partial charge in [0.05, 0.1) is 0 Å². The molecule has 1 atom stereocenters. The van der Waals surface area contributed by atoms with Gasteiger partial charge in [-0.25, -0.2) is 0 Å². The molecule has 1 amide bonds. The van der Waals surface area contributed by atoms with E-state index in [-0.39, 0.29) is 5.91 Å². The highest BCUT2D eigenvalue weighted by molar-refractivity contribution is 5.92. The summed E-state index contributed by atoms with van der Waals surface area (Å²) in [5, 5.41) is 4.18. The Labute approximate surface area is 120 Å². The summed E-state index contributed by atoms with van der Waals surface area (Å²) in [5.41, 5.74) is 0.713. The minimum absolute atomic E-state index is 0.126. The Bertz CT molecular complexity index is 431. The summed E-state index contributed by atoms with van der Waals surface area (Å²) in [4.78, 5) is 14.5. The van der Waals surface area contributed by atoms with E-state index in [2.05, 4.69) is 5.10 Å². The first kappa shape index (κ1) is 15.0. The third kappa shape index (κ3) is 3.60. The molecule has 1 aliphatic heterocycles. The standard InChI is InChI=1S/C15H25N3O2/c1-3-18-14(8-9-16-18)15(19)17-10-4-6-13(12-17)7-5-11-20-2/h8-9,13H,3-7,10-12H2,1-2H3/t13-/m0/s1. The molecule has 0 saturated carbocycles. The van der Waals surface area contributed by atoms with Crippen molar-refractivity contribution >= 4 is 5.91 Å². The Morgan fingerprint density at radius 3 is 3.15 bits per heavy atom. The largest absolute Gasteiger partial charge is 0.385 e. The van der Waals surface area contributed by atoms with Crippen LogP contribution in [0.25, 0.3) is 0 Å². The summed E-state index contributed by atoms with van der Waals surface area (Å²) in [7, 11) is 1.74. The van der Waals surface area contributed by atoms with E-state index in [1.54, 1.807) is 18.0 Å². The van der Waals surface area contributed by atoms with Gasteiger partial charge in [-0.15, -0.1) is 0 Å². The number of ether oxygens (including phenoxy) is 1. The van der Waals surface area contributed by atoms with Crippen molar-refractivity contribution in [3.63, 3.8) is 0 Å². The first-order chi connectivity index (χ1) is 9.76. The summed E-state index contributed by atoms with van der Waals surface area (Å²) in [6, 6.07) is 1.82. The average molecular weight is 279 g/mol. The number of piperidine rings is 1. The number of likely N-dealkylation sites (tertiary alicyclic amines) is 1. The Hall–Kier alpha value is -1.36. The smallest absolute Gasteiger partial charge is 0.272 e. The molecule has 1 aliphatic rings. The molecule has 2 heterocycles. The van der Waals surface area contributed by atoms with Gasteiger partial charge in [0.1, 0.15) is 5.69 Å². The van der Waals surface area contributed by atoms with Gasteiger partial charge in [0, 0.05) is 39.5 Å². The van der Waals surface area contributed by atoms with Crippen LogP contribution >= 0.6 is 0 Å². The molecule has 1 saturated heterocycles. The highest BCUT2D eigenvalue weighted by Gasteiger charge is 2.25. The van der Waals surface area contributed by atoms with Crippen LogP contribution in [0.4, 0.5) is 0 Å². The van der Waals surface area contributed by atoms with E-state index < -0.39 is 0 Å². The van der Waals surface area contributed by atoms with Crippen molar-refractivity contribution in [2.75, 3.05) is 26.8 Å². The third-order valence-corrected chi connectivity index (χ3v) is 4.00. The normalized spacial score (nSPS) is 19.3. The van der Waals surface area contributed by atoms with Gasteiger partial charge in [-0.3, -0.25) is 9.48 Å². The minimum atomic E-state index is 0.126. The van der Waals surface area contributed by atoms with Gasteiger partial charge < -0.3 is 9.64 Å². The van der Waals surface area contributed by atoms with Crippen LogP contribution in [0.3, 0.4) is 0 Å². The SMILES string of the molecule is CCn1nccc1C(=O)N1CCC[C@@H](CCCOC)C1. The maximum atomic E-state index is 12.6. The Kier molecular flexibility index (Phi) is 5.59. The van der Waals surface area contributed by atoms with E-state index in [0.29, 0.717) is 11.6 Å². The second kappa shape index (κ2) is 7.43. The van der Waals surface area contributed by atoms with Crippen LogP contribution in [0, 0.1) is 5.92 Å². The maximum absolute atomic E-state index is 12.6. The van der Waals surface area contributed by atoms with Crippen LogP contribution in [0.1, 0.15) is 43.1 Å². The van der Waals surface area contributed by atoms with Crippen LogP contribution in [0.15, 0.2) is 12.3 Å². The molecule has 0 aromatic carbocycles. The number of amides is 1. The van der Waals surface area contributed by atoms with Gasteiger partial charge in [-0.05, 0) is 44.6 Å². The summed E-state index contributed by atoms with van der Waals surface area (Å²) in [5.74, 6) is 0.738. The van der Waals surface area contributed by atoms with E-state index in [1.807, 2.05) is 17.9 Å². The van der Waals surface area contributed by atoms with Gasteiger partial charge >= 0.3 is 0 Å². The number of carbonyl (C=O) groups is 1. The van der Waals surface area contributed by atoms with Crippen molar-refractivity contribution < 1.29 is 9.53 Å². The van der Waals surface area contributed by atoms with E-state index in [0.717, 1.165) is 45.5 Å².